The van der Waals surface area contributed by atoms with E-state index in [2.05, 4.69) is 6.92 Å². The van der Waals surface area contributed by atoms with Crippen LogP contribution in [0.3, 0.4) is 0 Å². The van der Waals surface area contributed by atoms with Crippen LogP contribution in [0.4, 0.5) is 0 Å². The zero-order valence-electron chi connectivity index (χ0n) is 19.9. The maximum Gasteiger partial charge on any atom is 0.291 e. The number of rotatable bonds is 7. The van der Waals surface area contributed by atoms with Gasteiger partial charge in [-0.15, -0.1) is 0 Å². The van der Waals surface area contributed by atoms with E-state index in [-0.39, 0.29) is 30.4 Å². The summed E-state index contributed by atoms with van der Waals surface area (Å²) in [6.07, 6.45) is 2.03. The van der Waals surface area contributed by atoms with Gasteiger partial charge in [-0.25, -0.2) is 0 Å². The molecular formula is C29H25NO6. The monoisotopic (exact) mass is 483 g/mol. The maximum atomic E-state index is 13.7. The van der Waals surface area contributed by atoms with Crippen LogP contribution < -0.4 is 19.6 Å². The molecule has 0 aliphatic carbocycles. The fraction of sp³-hybridized carbons (Fsp3) is 0.241. The summed E-state index contributed by atoms with van der Waals surface area (Å²) in [7, 11) is 0. The number of para-hydroxylation sites is 1. The van der Waals surface area contributed by atoms with Gasteiger partial charge in [-0.05, 0) is 53.9 Å². The number of carbonyl (C=O) groups excluding carboxylic acids is 1. The van der Waals surface area contributed by atoms with Gasteiger partial charge in [0.05, 0.1) is 23.6 Å². The van der Waals surface area contributed by atoms with Crippen LogP contribution >= 0.6 is 0 Å². The van der Waals surface area contributed by atoms with Crippen LogP contribution in [0.2, 0.25) is 0 Å². The summed E-state index contributed by atoms with van der Waals surface area (Å²) >= 11 is 0. The highest BCUT2D eigenvalue weighted by Crippen LogP contribution is 2.40. The van der Waals surface area contributed by atoms with Gasteiger partial charge in [0.15, 0.2) is 16.9 Å². The Kier molecular flexibility index (Phi) is 5.60. The van der Waals surface area contributed by atoms with Crippen molar-refractivity contribution in [2.75, 3.05) is 13.4 Å². The van der Waals surface area contributed by atoms with Crippen molar-refractivity contribution >= 4 is 16.9 Å². The Morgan fingerprint density at radius 1 is 0.972 bits per heavy atom. The van der Waals surface area contributed by atoms with Crippen molar-refractivity contribution in [2.45, 2.75) is 32.4 Å². The first-order valence-corrected chi connectivity index (χ1v) is 12.1. The quantitative estimate of drug-likeness (QED) is 0.326. The van der Waals surface area contributed by atoms with Gasteiger partial charge in [0.2, 0.25) is 12.6 Å². The highest BCUT2D eigenvalue weighted by atomic mass is 16.7. The molecule has 0 fully saturated rings. The standard InChI is InChI=1S/C29H25NO6/c1-2-3-14-33-20-11-9-19(10-12-20)26-25-27(31)21-6-4-5-7-22(21)36-28(25)29(32)30(26)16-18-8-13-23-24(15-18)35-17-34-23/h4-13,15,26H,2-3,14,16-17H2,1H3/t26-/m0/s1. The Morgan fingerprint density at radius 2 is 1.78 bits per heavy atom. The Balaban J connectivity index is 1.43. The molecule has 0 N–H and O–H groups in total. The van der Waals surface area contributed by atoms with E-state index in [1.165, 1.54) is 0 Å². The smallest absolute Gasteiger partial charge is 0.291 e. The summed E-state index contributed by atoms with van der Waals surface area (Å²) < 4.78 is 22.8. The highest BCUT2D eigenvalue weighted by Gasteiger charge is 2.42. The summed E-state index contributed by atoms with van der Waals surface area (Å²) in [5.41, 5.74) is 2.24. The minimum absolute atomic E-state index is 0.0905. The van der Waals surface area contributed by atoms with Gasteiger partial charge in [-0.2, -0.15) is 0 Å². The van der Waals surface area contributed by atoms with Crippen molar-refractivity contribution in [2.24, 2.45) is 0 Å². The van der Waals surface area contributed by atoms with Crippen LogP contribution in [0.1, 0.15) is 53.1 Å². The van der Waals surface area contributed by atoms with Crippen molar-refractivity contribution in [1.82, 2.24) is 4.90 Å². The second kappa shape index (κ2) is 9.07. The second-order valence-electron chi connectivity index (χ2n) is 8.96. The minimum atomic E-state index is -0.594. The van der Waals surface area contributed by atoms with Gasteiger partial charge in [0.25, 0.3) is 5.91 Å². The number of amides is 1. The predicted molar refractivity (Wildman–Crippen MR) is 134 cm³/mol. The molecule has 36 heavy (non-hydrogen) atoms. The van der Waals surface area contributed by atoms with Gasteiger partial charge in [0, 0.05) is 6.54 Å². The lowest BCUT2D eigenvalue weighted by atomic mass is 9.98. The number of ether oxygens (including phenoxy) is 3. The molecule has 0 saturated carbocycles. The zero-order chi connectivity index (χ0) is 24.6. The summed E-state index contributed by atoms with van der Waals surface area (Å²) in [6.45, 7) is 3.21. The first-order valence-electron chi connectivity index (χ1n) is 12.1. The number of carbonyl (C=O) groups is 1. The predicted octanol–water partition coefficient (Wildman–Crippen LogP) is 5.45. The first kappa shape index (κ1) is 22.2. The van der Waals surface area contributed by atoms with E-state index < -0.39 is 6.04 Å². The molecule has 0 radical (unpaired) electrons. The van der Waals surface area contributed by atoms with E-state index in [1.54, 1.807) is 29.2 Å². The molecule has 0 bridgehead atoms. The highest BCUT2D eigenvalue weighted by molar-refractivity contribution is 5.99. The molecule has 1 atom stereocenters. The molecular weight excluding hydrogens is 458 g/mol. The summed E-state index contributed by atoms with van der Waals surface area (Å²) in [6, 6.07) is 19.6. The van der Waals surface area contributed by atoms with Crippen molar-refractivity contribution in [1.29, 1.82) is 0 Å². The third kappa shape index (κ3) is 3.77. The van der Waals surface area contributed by atoms with Crippen LogP contribution in [0.5, 0.6) is 17.2 Å². The lowest BCUT2D eigenvalue weighted by molar-refractivity contribution is 0.0714. The van der Waals surface area contributed by atoms with Crippen LogP contribution in [-0.2, 0) is 6.54 Å². The summed E-state index contributed by atoms with van der Waals surface area (Å²) in [4.78, 5) is 29.0. The number of benzene rings is 3. The van der Waals surface area contributed by atoms with E-state index in [1.807, 2.05) is 42.5 Å². The molecule has 0 saturated heterocycles. The largest absolute Gasteiger partial charge is 0.494 e. The van der Waals surface area contributed by atoms with E-state index in [9.17, 15) is 9.59 Å². The average Bonchev–Trinajstić information content (AvgIpc) is 3.48. The van der Waals surface area contributed by atoms with Crippen molar-refractivity contribution in [3.63, 3.8) is 0 Å². The number of unbranched alkanes of at least 4 members (excludes halogenated alkanes) is 1. The van der Waals surface area contributed by atoms with Crippen LogP contribution in [0.25, 0.3) is 11.0 Å². The van der Waals surface area contributed by atoms with E-state index in [4.69, 9.17) is 18.6 Å². The fourth-order valence-corrected chi connectivity index (χ4v) is 4.79. The molecule has 2 aliphatic rings. The van der Waals surface area contributed by atoms with Gasteiger partial charge in [-0.1, -0.05) is 43.7 Å². The second-order valence-corrected chi connectivity index (χ2v) is 8.96. The molecule has 7 nitrogen and oxygen atoms in total. The van der Waals surface area contributed by atoms with Gasteiger partial charge in [0.1, 0.15) is 11.3 Å². The topological polar surface area (TPSA) is 78.2 Å². The zero-order valence-corrected chi connectivity index (χ0v) is 19.9. The Morgan fingerprint density at radius 3 is 2.61 bits per heavy atom. The molecule has 1 amide bonds. The SMILES string of the molecule is CCCCOc1ccc([C@H]2c3c(oc4ccccc4c3=O)C(=O)N2Cc2ccc3c(c2)OCO3)cc1. The lowest BCUT2D eigenvalue weighted by Crippen LogP contribution is -2.29. The van der Waals surface area contributed by atoms with E-state index >= 15 is 0 Å². The Labute approximate surface area is 207 Å². The number of hydrogen-bond acceptors (Lipinski definition) is 6. The minimum Gasteiger partial charge on any atom is -0.494 e. The molecule has 4 aromatic rings. The molecule has 6 rings (SSSR count). The van der Waals surface area contributed by atoms with E-state index in [0.717, 1.165) is 29.7 Å². The maximum absolute atomic E-state index is 13.7. The molecule has 0 spiro atoms. The molecule has 182 valence electrons. The summed E-state index contributed by atoms with van der Waals surface area (Å²) in [5, 5.41) is 0.457. The van der Waals surface area contributed by atoms with Crippen LogP contribution in [0.15, 0.2) is 75.9 Å². The third-order valence-electron chi connectivity index (χ3n) is 6.63. The molecule has 7 heteroatoms. The van der Waals surface area contributed by atoms with Crippen molar-refractivity contribution in [3.05, 3.63) is 99.4 Å². The number of nitrogens with zero attached hydrogens (tertiary/aromatic N) is 1. The summed E-state index contributed by atoms with van der Waals surface area (Å²) in [5.74, 6) is 1.84. The molecule has 0 unspecified atom stereocenters. The van der Waals surface area contributed by atoms with Gasteiger partial charge < -0.3 is 23.5 Å². The van der Waals surface area contributed by atoms with Crippen LogP contribution in [-0.4, -0.2) is 24.2 Å². The number of fused-ring (bicyclic) bond motifs is 3. The normalized spacial score (nSPS) is 16.0. The number of hydrogen-bond donors (Lipinski definition) is 0. The van der Waals surface area contributed by atoms with Gasteiger partial charge >= 0.3 is 0 Å². The first-order chi connectivity index (χ1) is 17.6. The fourth-order valence-electron chi connectivity index (χ4n) is 4.79. The van der Waals surface area contributed by atoms with E-state index in [0.29, 0.717) is 34.6 Å². The average molecular weight is 484 g/mol. The third-order valence-corrected chi connectivity index (χ3v) is 6.63. The van der Waals surface area contributed by atoms with Gasteiger partial charge in [-0.3, -0.25) is 9.59 Å². The molecule has 1 aromatic heterocycles. The molecule has 3 heterocycles. The van der Waals surface area contributed by atoms with Crippen molar-refractivity contribution < 1.29 is 23.4 Å². The molecule has 3 aromatic carbocycles. The Bertz CT molecular complexity index is 1510. The Hall–Kier alpha value is -4.26. The van der Waals surface area contributed by atoms with Crippen molar-refractivity contribution in [3.8, 4) is 17.2 Å². The molecule has 2 aliphatic heterocycles. The van der Waals surface area contributed by atoms with Crippen LogP contribution in [0, 0.1) is 0 Å². The lowest BCUT2D eigenvalue weighted by Gasteiger charge is -2.25.